The maximum absolute atomic E-state index is 13.0. The van der Waals surface area contributed by atoms with E-state index < -0.39 is 0 Å². The van der Waals surface area contributed by atoms with E-state index in [1.165, 1.54) is 13.0 Å². The third-order valence-corrected chi connectivity index (χ3v) is 1.84. The Labute approximate surface area is 81.6 Å². The molecule has 1 amide bonds. The van der Waals surface area contributed by atoms with Gasteiger partial charge in [0.2, 0.25) is 5.91 Å². The summed E-state index contributed by atoms with van der Waals surface area (Å²) in [6.45, 7) is 1.60. The summed E-state index contributed by atoms with van der Waals surface area (Å²) in [5.41, 5.74) is 0.447. The van der Waals surface area contributed by atoms with Crippen LogP contribution in [0.3, 0.4) is 0 Å². The first-order valence-electron chi connectivity index (χ1n) is 3.81. The van der Waals surface area contributed by atoms with Crippen LogP contribution in [0.2, 0.25) is 0 Å². The summed E-state index contributed by atoms with van der Waals surface area (Å²) in [7, 11) is 0. The predicted molar refractivity (Wildman–Crippen MR) is 51.2 cm³/mol. The minimum Gasteiger partial charge on any atom is -0.352 e. The molecule has 0 unspecified atom stereocenters. The fourth-order valence-corrected chi connectivity index (χ4v) is 1.15. The van der Waals surface area contributed by atoms with Gasteiger partial charge in [-0.25, -0.2) is 4.39 Å². The highest BCUT2D eigenvalue weighted by molar-refractivity contribution is 7.80. The molecule has 2 nitrogen and oxygen atoms in total. The summed E-state index contributed by atoms with van der Waals surface area (Å²) in [4.78, 5) is 11.2. The van der Waals surface area contributed by atoms with Crippen LogP contribution < -0.4 is 5.32 Å². The first-order valence-corrected chi connectivity index (χ1v) is 4.26. The van der Waals surface area contributed by atoms with Gasteiger partial charge in [0.1, 0.15) is 5.82 Å². The summed E-state index contributed by atoms with van der Waals surface area (Å²) in [5.74, 6) is -0.504. The Balaban J connectivity index is 2.75. The van der Waals surface area contributed by atoms with Gasteiger partial charge < -0.3 is 5.32 Å². The SMILES string of the molecule is CC(=O)NCc1cc(S)ccc1F. The van der Waals surface area contributed by atoms with Crippen LogP contribution in [0, 0.1) is 5.82 Å². The van der Waals surface area contributed by atoms with E-state index in [-0.39, 0.29) is 18.3 Å². The standard InChI is InChI=1S/C9H10FNOS/c1-6(12)11-5-7-4-8(13)2-3-9(7)10/h2-4,13H,5H2,1H3,(H,11,12). The van der Waals surface area contributed by atoms with Gasteiger partial charge in [0.15, 0.2) is 0 Å². The molecular formula is C9H10FNOS. The van der Waals surface area contributed by atoms with Crippen LogP contribution in [0.15, 0.2) is 23.1 Å². The second-order valence-electron chi connectivity index (χ2n) is 2.69. The zero-order chi connectivity index (χ0) is 9.84. The monoisotopic (exact) mass is 199 g/mol. The molecule has 0 atom stereocenters. The van der Waals surface area contributed by atoms with Gasteiger partial charge in [-0.05, 0) is 18.2 Å². The predicted octanol–water partition coefficient (Wildman–Crippen LogP) is 1.75. The van der Waals surface area contributed by atoms with Gasteiger partial charge in [-0.15, -0.1) is 12.6 Å². The largest absolute Gasteiger partial charge is 0.352 e. The molecule has 0 aliphatic rings. The molecule has 0 fully saturated rings. The van der Waals surface area contributed by atoms with Gasteiger partial charge in [-0.2, -0.15) is 0 Å². The topological polar surface area (TPSA) is 29.1 Å². The molecule has 0 aliphatic heterocycles. The van der Waals surface area contributed by atoms with Crippen molar-refractivity contribution < 1.29 is 9.18 Å². The van der Waals surface area contributed by atoms with Crippen molar-refractivity contribution in [3.05, 3.63) is 29.6 Å². The molecule has 1 aromatic carbocycles. The molecule has 1 N–H and O–H groups in total. The Kier molecular flexibility index (Phi) is 3.31. The molecule has 0 radical (unpaired) electrons. The fraction of sp³-hybridized carbons (Fsp3) is 0.222. The molecule has 70 valence electrons. The van der Waals surface area contributed by atoms with E-state index in [4.69, 9.17) is 0 Å². The lowest BCUT2D eigenvalue weighted by molar-refractivity contribution is -0.119. The zero-order valence-corrected chi connectivity index (χ0v) is 8.07. The van der Waals surface area contributed by atoms with E-state index >= 15 is 0 Å². The average Bonchev–Trinajstić information content (AvgIpc) is 2.06. The second-order valence-corrected chi connectivity index (χ2v) is 3.20. The van der Waals surface area contributed by atoms with E-state index in [2.05, 4.69) is 17.9 Å². The first kappa shape index (κ1) is 10.1. The molecule has 1 rings (SSSR count). The highest BCUT2D eigenvalue weighted by Gasteiger charge is 2.02. The third-order valence-electron chi connectivity index (χ3n) is 1.56. The normalized spacial score (nSPS) is 9.77. The average molecular weight is 199 g/mol. The number of thiol groups is 1. The van der Waals surface area contributed by atoms with Gasteiger partial charge in [0, 0.05) is 23.9 Å². The summed E-state index contributed by atoms with van der Waals surface area (Å²) < 4.78 is 13.0. The molecular weight excluding hydrogens is 189 g/mol. The molecule has 13 heavy (non-hydrogen) atoms. The lowest BCUT2D eigenvalue weighted by Gasteiger charge is -2.04. The van der Waals surface area contributed by atoms with E-state index in [1.54, 1.807) is 12.1 Å². The van der Waals surface area contributed by atoms with Gasteiger partial charge in [-0.1, -0.05) is 0 Å². The number of nitrogens with one attached hydrogen (secondary N) is 1. The van der Waals surface area contributed by atoms with Crippen LogP contribution >= 0.6 is 12.6 Å². The Morgan fingerprint density at radius 1 is 1.62 bits per heavy atom. The molecule has 1 aromatic rings. The number of carbonyl (C=O) groups excluding carboxylic acids is 1. The van der Waals surface area contributed by atoms with Crippen LogP contribution in [0.4, 0.5) is 4.39 Å². The number of carbonyl (C=O) groups is 1. The Bertz CT molecular complexity index is 327. The summed E-state index contributed by atoms with van der Waals surface area (Å²) in [6.07, 6.45) is 0. The highest BCUT2D eigenvalue weighted by atomic mass is 32.1. The van der Waals surface area contributed by atoms with Crippen molar-refractivity contribution in [2.75, 3.05) is 0 Å². The summed E-state index contributed by atoms with van der Waals surface area (Å²) >= 11 is 4.07. The molecule has 0 saturated carbocycles. The number of hydrogen-bond donors (Lipinski definition) is 2. The van der Waals surface area contributed by atoms with Gasteiger partial charge in [0.05, 0.1) is 0 Å². The smallest absolute Gasteiger partial charge is 0.217 e. The third kappa shape index (κ3) is 3.06. The maximum atomic E-state index is 13.0. The van der Waals surface area contributed by atoms with Crippen molar-refractivity contribution in [3.63, 3.8) is 0 Å². The van der Waals surface area contributed by atoms with E-state index in [1.807, 2.05) is 0 Å². The number of hydrogen-bond acceptors (Lipinski definition) is 2. The Morgan fingerprint density at radius 2 is 2.31 bits per heavy atom. The molecule has 4 heteroatoms. The molecule has 0 heterocycles. The van der Waals surface area contributed by atoms with E-state index in [0.717, 1.165) is 0 Å². The van der Waals surface area contributed by atoms with Gasteiger partial charge in [-0.3, -0.25) is 4.79 Å². The van der Waals surface area contributed by atoms with Crippen molar-refractivity contribution in [2.45, 2.75) is 18.4 Å². The second kappa shape index (κ2) is 4.28. The quantitative estimate of drug-likeness (QED) is 0.698. The van der Waals surface area contributed by atoms with Crippen molar-refractivity contribution in [3.8, 4) is 0 Å². The van der Waals surface area contributed by atoms with Crippen molar-refractivity contribution in [2.24, 2.45) is 0 Å². The van der Waals surface area contributed by atoms with E-state index in [9.17, 15) is 9.18 Å². The van der Waals surface area contributed by atoms with Gasteiger partial charge >= 0.3 is 0 Å². The number of rotatable bonds is 2. The summed E-state index contributed by atoms with van der Waals surface area (Å²) in [5, 5.41) is 2.52. The molecule has 0 saturated heterocycles. The highest BCUT2D eigenvalue weighted by Crippen LogP contribution is 2.12. The van der Waals surface area contributed by atoms with Crippen LogP contribution in [0.25, 0.3) is 0 Å². The fourth-order valence-electron chi connectivity index (χ4n) is 0.916. The lowest BCUT2D eigenvalue weighted by atomic mass is 10.2. The van der Waals surface area contributed by atoms with Crippen molar-refractivity contribution in [1.82, 2.24) is 5.32 Å². The number of benzene rings is 1. The van der Waals surface area contributed by atoms with Crippen LogP contribution in [0.5, 0.6) is 0 Å². The lowest BCUT2D eigenvalue weighted by Crippen LogP contribution is -2.19. The number of halogens is 1. The van der Waals surface area contributed by atoms with Crippen molar-refractivity contribution in [1.29, 1.82) is 0 Å². The van der Waals surface area contributed by atoms with E-state index in [0.29, 0.717) is 10.5 Å². The van der Waals surface area contributed by atoms with Crippen LogP contribution in [0.1, 0.15) is 12.5 Å². The Hall–Kier alpha value is -1.03. The van der Waals surface area contributed by atoms with Gasteiger partial charge in [0.25, 0.3) is 0 Å². The molecule has 0 bridgehead atoms. The minimum atomic E-state index is -0.327. The van der Waals surface area contributed by atoms with Crippen molar-refractivity contribution >= 4 is 18.5 Å². The molecule has 0 spiro atoms. The summed E-state index contributed by atoms with van der Waals surface area (Å²) in [6, 6.07) is 4.49. The number of amides is 1. The first-order chi connectivity index (χ1) is 6.09. The maximum Gasteiger partial charge on any atom is 0.217 e. The molecule has 0 aliphatic carbocycles. The Morgan fingerprint density at radius 3 is 2.92 bits per heavy atom. The van der Waals surface area contributed by atoms with Crippen LogP contribution in [-0.2, 0) is 11.3 Å². The zero-order valence-electron chi connectivity index (χ0n) is 7.17. The molecule has 0 aromatic heterocycles. The minimum absolute atomic E-state index is 0.177. The van der Waals surface area contributed by atoms with Crippen LogP contribution in [-0.4, -0.2) is 5.91 Å².